The summed E-state index contributed by atoms with van der Waals surface area (Å²) in [5, 5.41) is 5.61. The maximum Gasteiger partial charge on any atom is 0.325 e. The van der Waals surface area contributed by atoms with Gasteiger partial charge >= 0.3 is 6.03 Å². The Morgan fingerprint density at radius 1 is 1.27 bits per heavy atom. The molecule has 0 radical (unpaired) electrons. The van der Waals surface area contributed by atoms with Crippen LogP contribution in [0.3, 0.4) is 0 Å². The Bertz CT molecular complexity index is 891. The Morgan fingerprint density at radius 2 is 2.04 bits per heavy atom. The van der Waals surface area contributed by atoms with E-state index in [0.717, 1.165) is 4.90 Å². The lowest BCUT2D eigenvalue weighted by molar-refractivity contribution is -0.133. The van der Waals surface area contributed by atoms with Crippen LogP contribution < -0.4 is 10.6 Å². The van der Waals surface area contributed by atoms with Gasteiger partial charge in [0.2, 0.25) is 5.91 Å². The largest absolute Gasteiger partial charge is 0.325 e. The highest BCUT2D eigenvalue weighted by Gasteiger charge is 2.49. The van der Waals surface area contributed by atoms with E-state index in [-0.39, 0.29) is 10.0 Å². The van der Waals surface area contributed by atoms with E-state index >= 15 is 0 Å². The van der Waals surface area contributed by atoms with Crippen molar-refractivity contribution in [3.05, 3.63) is 58.3 Å². The number of benzene rings is 1. The molecule has 2 N–H and O–H groups in total. The Morgan fingerprint density at radius 3 is 2.73 bits per heavy atom. The Hall–Kier alpha value is -2.64. The number of aromatic nitrogens is 1. The molecule has 1 atom stereocenters. The zero-order chi connectivity index (χ0) is 18.9. The van der Waals surface area contributed by atoms with Crippen LogP contribution in [-0.2, 0) is 15.1 Å². The van der Waals surface area contributed by atoms with Gasteiger partial charge in [0.15, 0.2) is 0 Å². The Kier molecular flexibility index (Phi) is 4.84. The van der Waals surface area contributed by atoms with Crippen molar-refractivity contribution in [2.24, 2.45) is 0 Å². The minimum Gasteiger partial charge on any atom is -0.323 e. The number of imide groups is 1. The van der Waals surface area contributed by atoms with E-state index in [0.29, 0.717) is 11.3 Å². The number of hydrogen-bond acceptors (Lipinski definition) is 4. The minimum absolute atomic E-state index is 0.180. The second kappa shape index (κ2) is 6.93. The molecule has 1 unspecified atom stereocenters. The lowest BCUT2D eigenvalue weighted by Crippen LogP contribution is -2.42. The third-order valence-corrected chi connectivity index (χ3v) is 4.86. The number of nitrogens with one attached hydrogen (secondary N) is 2. The number of amides is 4. The first-order valence-corrected chi connectivity index (χ1v) is 8.37. The van der Waals surface area contributed by atoms with Gasteiger partial charge in [-0.1, -0.05) is 35.3 Å². The quantitative estimate of drug-likeness (QED) is 0.782. The van der Waals surface area contributed by atoms with E-state index in [1.807, 2.05) is 0 Å². The molecule has 0 saturated carbocycles. The normalized spacial score (nSPS) is 19.4. The minimum atomic E-state index is -1.28. The van der Waals surface area contributed by atoms with Crippen molar-refractivity contribution in [2.45, 2.75) is 12.5 Å². The lowest BCUT2D eigenvalue weighted by Gasteiger charge is -2.21. The molecule has 1 aliphatic heterocycles. The molecule has 0 aliphatic carbocycles. The SMILES string of the molecule is CC1(c2cccnc2)NC(=O)N(CC(=O)Nc2cccc(Cl)c2Cl)C1=O. The Balaban J connectivity index is 1.76. The number of pyridine rings is 1. The molecule has 0 bridgehead atoms. The van der Waals surface area contributed by atoms with Crippen LogP contribution >= 0.6 is 23.2 Å². The molecule has 0 spiro atoms. The fourth-order valence-electron chi connectivity index (χ4n) is 2.63. The van der Waals surface area contributed by atoms with Crippen LogP contribution in [0.5, 0.6) is 0 Å². The van der Waals surface area contributed by atoms with Gasteiger partial charge in [0.25, 0.3) is 5.91 Å². The van der Waals surface area contributed by atoms with Gasteiger partial charge in [-0.3, -0.25) is 19.5 Å². The maximum absolute atomic E-state index is 12.7. The summed E-state index contributed by atoms with van der Waals surface area (Å²) in [7, 11) is 0. The van der Waals surface area contributed by atoms with Gasteiger partial charge in [-0.15, -0.1) is 0 Å². The molecule has 1 aromatic heterocycles. The fourth-order valence-corrected chi connectivity index (χ4v) is 2.98. The number of rotatable bonds is 4. The molecule has 2 aromatic rings. The van der Waals surface area contributed by atoms with Crippen molar-refractivity contribution >= 4 is 46.7 Å². The number of carbonyl (C=O) groups is 3. The molecule has 26 heavy (non-hydrogen) atoms. The van der Waals surface area contributed by atoms with Crippen molar-refractivity contribution in [1.82, 2.24) is 15.2 Å². The molecule has 1 saturated heterocycles. The predicted molar refractivity (Wildman–Crippen MR) is 96.9 cm³/mol. The summed E-state index contributed by atoms with van der Waals surface area (Å²) < 4.78 is 0. The van der Waals surface area contributed by atoms with Crippen LogP contribution in [0.4, 0.5) is 10.5 Å². The summed E-state index contributed by atoms with van der Waals surface area (Å²) in [6.07, 6.45) is 3.06. The van der Waals surface area contributed by atoms with Crippen LogP contribution in [0.15, 0.2) is 42.7 Å². The summed E-state index contributed by atoms with van der Waals surface area (Å²) in [6.45, 7) is 1.11. The van der Waals surface area contributed by atoms with Crippen molar-refractivity contribution in [2.75, 3.05) is 11.9 Å². The molecule has 4 amide bonds. The average Bonchev–Trinajstić information content (AvgIpc) is 2.84. The van der Waals surface area contributed by atoms with Gasteiger partial charge in [-0.05, 0) is 25.1 Å². The highest BCUT2D eigenvalue weighted by molar-refractivity contribution is 6.44. The smallest absolute Gasteiger partial charge is 0.323 e. The van der Waals surface area contributed by atoms with E-state index in [1.54, 1.807) is 43.5 Å². The molecule has 3 rings (SSSR count). The van der Waals surface area contributed by atoms with E-state index in [9.17, 15) is 14.4 Å². The number of carbonyl (C=O) groups excluding carboxylic acids is 3. The van der Waals surface area contributed by atoms with E-state index in [2.05, 4.69) is 15.6 Å². The standard InChI is InChI=1S/C17H14Cl2N4O3/c1-17(10-4-3-7-20-8-10)15(25)23(16(26)22-17)9-13(24)21-12-6-2-5-11(18)14(12)19/h2-8H,9H2,1H3,(H,21,24)(H,22,26). The highest BCUT2D eigenvalue weighted by Crippen LogP contribution is 2.30. The van der Waals surface area contributed by atoms with Crippen molar-refractivity contribution in [1.29, 1.82) is 0 Å². The highest BCUT2D eigenvalue weighted by atomic mass is 35.5. The third-order valence-electron chi connectivity index (χ3n) is 4.04. The zero-order valence-corrected chi connectivity index (χ0v) is 15.1. The average molecular weight is 393 g/mol. The van der Waals surface area contributed by atoms with Crippen LogP contribution in [0.1, 0.15) is 12.5 Å². The predicted octanol–water partition coefficient (Wildman–Crippen LogP) is 2.79. The first-order valence-electron chi connectivity index (χ1n) is 7.61. The van der Waals surface area contributed by atoms with Crippen LogP contribution in [0.2, 0.25) is 10.0 Å². The second-order valence-electron chi connectivity index (χ2n) is 5.84. The first-order chi connectivity index (χ1) is 12.3. The number of urea groups is 1. The van der Waals surface area contributed by atoms with Gasteiger partial charge < -0.3 is 10.6 Å². The molecule has 134 valence electrons. The van der Waals surface area contributed by atoms with Crippen LogP contribution in [0, 0.1) is 0 Å². The lowest BCUT2D eigenvalue weighted by atomic mass is 9.93. The van der Waals surface area contributed by atoms with E-state index in [4.69, 9.17) is 23.2 Å². The number of nitrogens with zero attached hydrogens (tertiary/aromatic N) is 2. The van der Waals surface area contributed by atoms with Crippen LogP contribution in [0.25, 0.3) is 0 Å². The van der Waals surface area contributed by atoms with E-state index < -0.39 is 29.9 Å². The van der Waals surface area contributed by atoms with Gasteiger partial charge in [-0.25, -0.2) is 4.79 Å². The molecule has 9 heteroatoms. The first kappa shape index (κ1) is 18.2. The number of hydrogen-bond donors (Lipinski definition) is 2. The van der Waals surface area contributed by atoms with Crippen molar-refractivity contribution in [3.8, 4) is 0 Å². The third kappa shape index (κ3) is 3.23. The monoisotopic (exact) mass is 392 g/mol. The molecule has 1 fully saturated rings. The molecule has 7 nitrogen and oxygen atoms in total. The number of anilines is 1. The number of halogens is 2. The van der Waals surface area contributed by atoms with Crippen molar-refractivity contribution < 1.29 is 14.4 Å². The second-order valence-corrected chi connectivity index (χ2v) is 6.62. The molecule has 1 aromatic carbocycles. The maximum atomic E-state index is 12.7. The van der Waals surface area contributed by atoms with Gasteiger partial charge in [0, 0.05) is 18.0 Å². The summed E-state index contributed by atoms with van der Waals surface area (Å²) in [4.78, 5) is 42.0. The van der Waals surface area contributed by atoms with Gasteiger partial charge in [0.05, 0.1) is 15.7 Å². The molecule has 2 heterocycles. The summed E-state index contributed by atoms with van der Waals surface area (Å²) >= 11 is 11.9. The van der Waals surface area contributed by atoms with Crippen LogP contribution in [-0.4, -0.2) is 34.3 Å². The van der Waals surface area contributed by atoms with E-state index in [1.165, 1.54) is 6.20 Å². The molecular weight excluding hydrogens is 379 g/mol. The zero-order valence-electron chi connectivity index (χ0n) is 13.6. The summed E-state index contributed by atoms with van der Waals surface area (Å²) in [5.41, 5.74) is -0.454. The molecular formula is C17H14Cl2N4O3. The topological polar surface area (TPSA) is 91.4 Å². The molecule has 1 aliphatic rings. The fraction of sp³-hybridized carbons (Fsp3) is 0.176. The summed E-state index contributed by atoms with van der Waals surface area (Å²) in [6, 6.07) is 7.45. The van der Waals surface area contributed by atoms with Gasteiger partial charge in [-0.2, -0.15) is 0 Å². The van der Waals surface area contributed by atoms with Gasteiger partial charge in [0.1, 0.15) is 12.1 Å². The van der Waals surface area contributed by atoms with Crippen molar-refractivity contribution in [3.63, 3.8) is 0 Å². The Labute approximate surface area is 159 Å². The summed E-state index contributed by atoms with van der Waals surface area (Å²) in [5.74, 6) is -1.11.